The third kappa shape index (κ3) is 3.33. The zero-order chi connectivity index (χ0) is 25.8. The Bertz CT molecular complexity index is 1220. The molecule has 36 heavy (non-hydrogen) atoms. The number of nitrogens with one attached hydrogen (secondary N) is 1. The van der Waals surface area contributed by atoms with E-state index in [1.807, 2.05) is 32.0 Å². The molecule has 5 rings (SSSR count). The summed E-state index contributed by atoms with van der Waals surface area (Å²) in [5, 5.41) is 24.1. The normalized spacial score (nSPS) is 27.8. The van der Waals surface area contributed by atoms with Crippen LogP contribution < -0.4 is 19.7 Å². The predicted molar refractivity (Wildman–Crippen MR) is 130 cm³/mol. The first-order chi connectivity index (χ1) is 17.3. The Hall–Kier alpha value is -3.43. The van der Waals surface area contributed by atoms with E-state index in [0.29, 0.717) is 48.8 Å². The Labute approximate surface area is 209 Å². The van der Waals surface area contributed by atoms with Crippen LogP contribution in [-0.2, 0) is 27.2 Å². The van der Waals surface area contributed by atoms with Crippen molar-refractivity contribution < 1.29 is 34.1 Å². The summed E-state index contributed by atoms with van der Waals surface area (Å²) in [5.41, 5.74) is 0.728. The van der Waals surface area contributed by atoms with Gasteiger partial charge in [-0.2, -0.15) is 0 Å². The predicted octanol–water partition coefficient (Wildman–Crippen LogP) is 2.24. The third-order valence-corrected chi connectivity index (χ3v) is 7.72. The summed E-state index contributed by atoms with van der Waals surface area (Å²) in [5.74, 6) is -3.75. The summed E-state index contributed by atoms with van der Waals surface area (Å²) in [4.78, 5) is 42.0. The fourth-order valence-corrected chi connectivity index (χ4v) is 5.96. The highest BCUT2D eigenvalue weighted by Crippen LogP contribution is 2.52. The minimum absolute atomic E-state index is 0.367. The van der Waals surface area contributed by atoms with Crippen LogP contribution >= 0.6 is 0 Å². The van der Waals surface area contributed by atoms with E-state index < -0.39 is 47.3 Å². The molecule has 9 heteroatoms. The van der Waals surface area contributed by atoms with Crippen molar-refractivity contribution in [3.63, 3.8) is 0 Å². The van der Waals surface area contributed by atoms with Crippen LogP contribution in [0.5, 0.6) is 11.5 Å². The van der Waals surface area contributed by atoms with Crippen molar-refractivity contribution in [3.05, 3.63) is 53.1 Å². The molecule has 2 aromatic rings. The summed E-state index contributed by atoms with van der Waals surface area (Å²) in [6, 6.07) is 9.96. The number of aliphatic hydroxyl groups is 1. The van der Waals surface area contributed by atoms with Gasteiger partial charge in [-0.05, 0) is 48.6 Å². The molecule has 5 atom stereocenters. The quantitative estimate of drug-likeness (QED) is 0.522. The highest BCUT2D eigenvalue weighted by Gasteiger charge is 2.70. The van der Waals surface area contributed by atoms with E-state index in [0.717, 1.165) is 11.1 Å². The number of benzene rings is 2. The number of hydrogen-bond donors (Lipinski definition) is 3. The summed E-state index contributed by atoms with van der Waals surface area (Å²) >= 11 is 0. The average Bonchev–Trinajstić information content (AvgIpc) is 3.37. The molecule has 3 aliphatic heterocycles. The number of aryl methyl sites for hydroxylation is 2. The van der Waals surface area contributed by atoms with Crippen LogP contribution in [0, 0.1) is 11.8 Å². The fourth-order valence-electron chi connectivity index (χ4n) is 5.96. The number of anilines is 1. The summed E-state index contributed by atoms with van der Waals surface area (Å²) in [6.07, 6.45) is -0.256. The molecular weight excluding hydrogens is 464 g/mol. The maximum Gasteiger partial charge on any atom is 0.327 e. The largest absolute Gasteiger partial charge is 0.486 e. The van der Waals surface area contributed by atoms with Crippen LogP contribution in [0.4, 0.5) is 5.69 Å². The molecule has 0 aliphatic carbocycles. The van der Waals surface area contributed by atoms with Crippen molar-refractivity contribution in [2.45, 2.75) is 51.3 Å². The molecule has 9 nitrogen and oxygen atoms in total. The number of carbonyl (C=O) groups is 3. The number of para-hydroxylation sites is 1. The lowest BCUT2D eigenvalue weighted by Gasteiger charge is -2.34. The van der Waals surface area contributed by atoms with E-state index in [9.17, 15) is 24.6 Å². The first-order valence-corrected chi connectivity index (χ1v) is 12.3. The molecule has 2 fully saturated rings. The number of carbonyl (C=O) groups excluding carboxylic acids is 2. The molecule has 0 spiro atoms. The maximum absolute atomic E-state index is 14.1. The van der Waals surface area contributed by atoms with Gasteiger partial charge in [-0.15, -0.1) is 0 Å². The monoisotopic (exact) mass is 494 g/mol. The Morgan fingerprint density at radius 3 is 2.31 bits per heavy atom. The smallest absolute Gasteiger partial charge is 0.327 e. The van der Waals surface area contributed by atoms with Gasteiger partial charge in [0.25, 0.3) is 0 Å². The lowest BCUT2D eigenvalue weighted by Crippen LogP contribution is -2.62. The molecule has 0 saturated carbocycles. The molecule has 3 aliphatic rings. The van der Waals surface area contributed by atoms with Crippen LogP contribution in [0.25, 0.3) is 0 Å². The van der Waals surface area contributed by atoms with Crippen molar-refractivity contribution >= 4 is 23.5 Å². The summed E-state index contributed by atoms with van der Waals surface area (Å²) in [7, 11) is 0. The van der Waals surface area contributed by atoms with Crippen molar-refractivity contribution in [1.29, 1.82) is 0 Å². The van der Waals surface area contributed by atoms with Gasteiger partial charge in [-0.3, -0.25) is 19.7 Å². The van der Waals surface area contributed by atoms with Gasteiger partial charge in [-0.1, -0.05) is 38.1 Å². The van der Waals surface area contributed by atoms with Gasteiger partial charge in [0.2, 0.25) is 11.8 Å². The number of carboxylic acids is 1. The van der Waals surface area contributed by atoms with Gasteiger partial charge < -0.3 is 19.7 Å². The number of nitrogens with zero attached hydrogens (tertiary/aromatic N) is 1. The van der Waals surface area contributed by atoms with Crippen molar-refractivity contribution in [3.8, 4) is 11.5 Å². The van der Waals surface area contributed by atoms with Crippen molar-refractivity contribution in [1.82, 2.24) is 5.32 Å². The minimum Gasteiger partial charge on any atom is -0.486 e. The minimum atomic E-state index is -2.04. The van der Waals surface area contributed by atoms with Crippen molar-refractivity contribution in [2.24, 2.45) is 11.8 Å². The average molecular weight is 495 g/mol. The lowest BCUT2D eigenvalue weighted by atomic mass is 9.76. The van der Waals surface area contributed by atoms with E-state index in [-0.39, 0.29) is 0 Å². The number of imide groups is 1. The molecule has 2 saturated heterocycles. The highest BCUT2D eigenvalue weighted by atomic mass is 16.6. The van der Waals surface area contributed by atoms with E-state index in [4.69, 9.17) is 9.47 Å². The van der Waals surface area contributed by atoms with E-state index in [1.54, 1.807) is 18.2 Å². The first-order valence-electron chi connectivity index (χ1n) is 12.3. The van der Waals surface area contributed by atoms with Gasteiger partial charge in [0.05, 0.1) is 23.6 Å². The molecular formula is C27H30N2O7. The second-order valence-electron chi connectivity index (χ2n) is 9.52. The number of aliphatic hydroxyl groups excluding tert-OH is 1. The second-order valence-corrected chi connectivity index (χ2v) is 9.52. The van der Waals surface area contributed by atoms with Gasteiger partial charge >= 0.3 is 5.97 Å². The molecule has 190 valence electrons. The molecule has 2 aromatic carbocycles. The van der Waals surface area contributed by atoms with Crippen LogP contribution in [0.15, 0.2) is 36.4 Å². The Kier molecular flexibility index (Phi) is 6.00. The van der Waals surface area contributed by atoms with Gasteiger partial charge in [0, 0.05) is 6.04 Å². The lowest BCUT2D eigenvalue weighted by molar-refractivity contribution is -0.154. The third-order valence-electron chi connectivity index (χ3n) is 7.72. The van der Waals surface area contributed by atoms with Gasteiger partial charge in [0.1, 0.15) is 13.2 Å². The zero-order valence-corrected chi connectivity index (χ0v) is 20.5. The van der Waals surface area contributed by atoms with Crippen LogP contribution in [-0.4, -0.2) is 52.9 Å². The Morgan fingerprint density at radius 1 is 1.08 bits per heavy atom. The molecule has 3 heterocycles. The van der Waals surface area contributed by atoms with Crippen LogP contribution in [0.1, 0.15) is 43.5 Å². The number of ether oxygens (including phenoxy) is 2. The molecule has 5 unspecified atom stereocenters. The fraction of sp³-hybridized carbons (Fsp3) is 0.444. The Balaban J connectivity index is 1.68. The second kappa shape index (κ2) is 8.90. The van der Waals surface area contributed by atoms with Crippen LogP contribution in [0.3, 0.4) is 0 Å². The number of amides is 2. The van der Waals surface area contributed by atoms with E-state index in [1.165, 1.54) is 11.8 Å². The number of carboxylic acid groups (broad SMARTS) is 1. The zero-order valence-electron chi connectivity index (χ0n) is 20.5. The molecule has 0 radical (unpaired) electrons. The van der Waals surface area contributed by atoms with E-state index >= 15 is 0 Å². The number of aliphatic carboxylic acids is 1. The molecule has 0 bridgehead atoms. The highest BCUT2D eigenvalue weighted by molar-refractivity contribution is 6.25. The number of rotatable bonds is 6. The topological polar surface area (TPSA) is 125 Å². The SMILES string of the molecule is CCc1cccc(CC)c1N1C(=O)C2C(c3ccc4c(c3)OCCO4)NC(C(=O)O)(C(C)O)C2C1=O. The molecule has 2 amide bonds. The summed E-state index contributed by atoms with van der Waals surface area (Å²) in [6.45, 7) is 6.01. The standard InChI is InChI=1S/C27H30N2O7/c1-4-15-7-6-8-16(5-2)23(15)29-24(31)20-21(25(29)32)27(14(3)30,26(33)34)28-22(20)17-9-10-18-19(13-17)36-12-11-35-18/h6-10,13-14,20-22,28,30H,4-5,11-12H2,1-3H3,(H,33,34). The summed E-state index contributed by atoms with van der Waals surface area (Å²) < 4.78 is 11.3. The maximum atomic E-state index is 14.1. The molecule has 3 N–H and O–H groups in total. The van der Waals surface area contributed by atoms with Gasteiger partial charge in [-0.25, -0.2) is 4.90 Å². The van der Waals surface area contributed by atoms with Gasteiger partial charge in [0.15, 0.2) is 17.0 Å². The molecule has 0 aromatic heterocycles. The Morgan fingerprint density at radius 2 is 1.72 bits per heavy atom. The van der Waals surface area contributed by atoms with Crippen molar-refractivity contribution in [2.75, 3.05) is 18.1 Å². The number of hydrogen-bond acceptors (Lipinski definition) is 7. The van der Waals surface area contributed by atoms with Crippen LogP contribution in [0.2, 0.25) is 0 Å². The number of fused-ring (bicyclic) bond motifs is 2. The first kappa shape index (κ1) is 24.3. The van der Waals surface area contributed by atoms with E-state index in [2.05, 4.69) is 5.32 Å².